The van der Waals surface area contributed by atoms with Gasteiger partial charge in [0.25, 0.3) is 5.69 Å². The average molecular weight is 594 g/mol. The quantitative estimate of drug-likeness (QED) is 0.200. The number of carbonyl (C=O) groups is 2. The smallest absolute Gasteiger partial charge is 0.410 e. The van der Waals surface area contributed by atoms with Crippen molar-refractivity contribution in [3.05, 3.63) is 72.6 Å². The maximum atomic E-state index is 13.8. The molecule has 0 atom stereocenters. The zero-order valence-corrected chi connectivity index (χ0v) is 22.8. The number of ketones is 1. The van der Waals surface area contributed by atoms with E-state index in [1.807, 2.05) is 6.08 Å². The van der Waals surface area contributed by atoms with Crippen LogP contribution in [0.2, 0.25) is 5.02 Å². The highest BCUT2D eigenvalue weighted by atomic mass is 79.9. The summed E-state index contributed by atoms with van der Waals surface area (Å²) >= 11 is 9.45. The molecule has 0 saturated heterocycles. The molecule has 4 rings (SSSR count). The SMILES string of the molecule is Cn1nc2c(Br)c(C(=O)c3cc(F)ccc3Cl)c([N+](=O)[O-])cc2c1C1=CCN(C(=O)OC(C)(C)C)CC1. The van der Waals surface area contributed by atoms with E-state index in [-0.39, 0.29) is 20.6 Å². The molecule has 0 aliphatic carbocycles. The van der Waals surface area contributed by atoms with Gasteiger partial charge in [-0.05, 0) is 66.9 Å². The lowest BCUT2D eigenvalue weighted by Gasteiger charge is -2.29. The van der Waals surface area contributed by atoms with Crippen LogP contribution < -0.4 is 0 Å². The molecule has 194 valence electrons. The average Bonchev–Trinajstić information content (AvgIpc) is 3.15. The minimum atomic E-state index is -0.804. The first-order valence-electron chi connectivity index (χ1n) is 11.3. The Morgan fingerprint density at radius 3 is 2.57 bits per heavy atom. The lowest BCUT2D eigenvalue weighted by atomic mass is 9.97. The second-order valence-corrected chi connectivity index (χ2v) is 10.8. The molecule has 1 aliphatic rings. The molecule has 2 heterocycles. The van der Waals surface area contributed by atoms with Gasteiger partial charge in [-0.15, -0.1) is 0 Å². The number of aryl methyl sites for hydroxylation is 1. The van der Waals surface area contributed by atoms with E-state index in [0.717, 1.165) is 17.7 Å². The topological polar surface area (TPSA) is 108 Å². The van der Waals surface area contributed by atoms with E-state index in [9.17, 15) is 24.1 Å². The molecule has 9 nitrogen and oxygen atoms in total. The maximum Gasteiger partial charge on any atom is 0.410 e. The molecule has 0 N–H and O–H groups in total. The van der Waals surface area contributed by atoms with Crippen LogP contribution in [0.5, 0.6) is 0 Å². The predicted molar refractivity (Wildman–Crippen MR) is 140 cm³/mol. The van der Waals surface area contributed by atoms with Crippen molar-refractivity contribution in [2.24, 2.45) is 7.05 Å². The molecule has 0 fully saturated rings. The molecule has 37 heavy (non-hydrogen) atoms. The summed E-state index contributed by atoms with van der Waals surface area (Å²) in [4.78, 5) is 38.7. The highest BCUT2D eigenvalue weighted by Crippen LogP contribution is 2.40. The van der Waals surface area contributed by atoms with Crippen LogP contribution in [0.15, 0.2) is 34.8 Å². The Morgan fingerprint density at radius 2 is 1.97 bits per heavy atom. The van der Waals surface area contributed by atoms with Gasteiger partial charge in [-0.25, -0.2) is 9.18 Å². The fourth-order valence-electron chi connectivity index (χ4n) is 4.20. The molecule has 1 aromatic heterocycles. The molecule has 1 aliphatic heterocycles. The molecular formula is C25H23BrClFN4O5. The van der Waals surface area contributed by atoms with E-state index in [1.54, 1.807) is 37.4 Å². The number of ether oxygens (including phenoxy) is 1. The van der Waals surface area contributed by atoms with E-state index in [4.69, 9.17) is 16.3 Å². The molecule has 0 radical (unpaired) electrons. The third kappa shape index (κ3) is 5.24. The Morgan fingerprint density at radius 1 is 1.27 bits per heavy atom. The molecule has 0 saturated carbocycles. The number of benzene rings is 2. The van der Waals surface area contributed by atoms with Gasteiger partial charge in [-0.2, -0.15) is 5.10 Å². The summed E-state index contributed by atoms with van der Waals surface area (Å²) in [5.74, 6) is -1.50. The predicted octanol–water partition coefficient (Wildman–Crippen LogP) is 6.29. The minimum Gasteiger partial charge on any atom is -0.444 e. The van der Waals surface area contributed by atoms with Crippen LogP contribution in [0.4, 0.5) is 14.9 Å². The number of halogens is 3. The van der Waals surface area contributed by atoms with E-state index < -0.39 is 33.9 Å². The van der Waals surface area contributed by atoms with Crippen LogP contribution >= 0.6 is 27.5 Å². The molecule has 0 bridgehead atoms. The number of nitro benzene ring substituents is 1. The Balaban J connectivity index is 1.79. The highest BCUT2D eigenvalue weighted by molar-refractivity contribution is 9.10. The normalized spacial score (nSPS) is 14.0. The van der Waals surface area contributed by atoms with Crippen LogP contribution in [0.25, 0.3) is 16.5 Å². The third-order valence-electron chi connectivity index (χ3n) is 5.81. The zero-order chi connectivity index (χ0) is 27.2. The van der Waals surface area contributed by atoms with E-state index in [1.165, 1.54) is 12.1 Å². The Hall–Kier alpha value is -3.31. The first-order chi connectivity index (χ1) is 17.3. The van der Waals surface area contributed by atoms with Crippen molar-refractivity contribution in [3.8, 4) is 0 Å². The summed E-state index contributed by atoms with van der Waals surface area (Å²) in [5, 5.41) is 17.0. The van der Waals surface area contributed by atoms with Gasteiger partial charge in [0.15, 0.2) is 0 Å². The van der Waals surface area contributed by atoms with Crippen LogP contribution in [0.1, 0.15) is 48.8 Å². The first-order valence-corrected chi connectivity index (χ1v) is 12.5. The molecule has 2 aromatic carbocycles. The highest BCUT2D eigenvalue weighted by Gasteiger charge is 2.32. The van der Waals surface area contributed by atoms with Crippen LogP contribution in [-0.2, 0) is 11.8 Å². The maximum absolute atomic E-state index is 13.8. The second-order valence-electron chi connectivity index (χ2n) is 9.57. The summed E-state index contributed by atoms with van der Waals surface area (Å²) < 4.78 is 21.0. The number of rotatable bonds is 4. The molecule has 3 aromatic rings. The number of hydrogen-bond acceptors (Lipinski definition) is 6. The molecule has 12 heteroatoms. The van der Waals surface area contributed by atoms with Gasteiger partial charge >= 0.3 is 6.09 Å². The number of carbonyl (C=O) groups excluding carboxylic acids is 2. The van der Waals surface area contributed by atoms with Crippen molar-refractivity contribution in [2.45, 2.75) is 32.8 Å². The Bertz CT molecular complexity index is 1490. The van der Waals surface area contributed by atoms with Crippen molar-refractivity contribution in [1.29, 1.82) is 0 Å². The number of amides is 1. The van der Waals surface area contributed by atoms with Gasteiger partial charge in [0.1, 0.15) is 22.5 Å². The van der Waals surface area contributed by atoms with Crippen molar-refractivity contribution in [2.75, 3.05) is 13.1 Å². The largest absolute Gasteiger partial charge is 0.444 e. The molecular weight excluding hydrogens is 571 g/mol. The van der Waals surface area contributed by atoms with E-state index in [2.05, 4.69) is 21.0 Å². The Kier molecular flexibility index (Phi) is 7.13. The number of nitro groups is 1. The first kappa shape index (κ1) is 26.7. The van der Waals surface area contributed by atoms with Crippen LogP contribution in [0.3, 0.4) is 0 Å². The number of hydrogen-bond donors (Lipinski definition) is 0. The van der Waals surface area contributed by atoms with Gasteiger partial charge in [0.05, 0.1) is 20.1 Å². The van der Waals surface area contributed by atoms with Gasteiger partial charge in [0, 0.05) is 37.2 Å². The molecule has 0 spiro atoms. The fourth-order valence-corrected chi connectivity index (χ4v) is 5.08. The molecule has 1 amide bonds. The monoisotopic (exact) mass is 592 g/mol. The van der Waals surface area contributed by atoms with Crippen molar-refractivity contribution in [1.82, 2.24) is 14.7 Å². The van der Waals surface area contributed by atoms with Crippen LogP contribution in [-0.4, -0.2) is 50.2 Å². The number of fused-ring (bicyclic) bond motifs is 1. The third-order valence-corrected chi connectivity index (χ3v) is 6.91. The van der Waals surface area contributed by atoms with Gasteiger partial charge in [-0.3, -0.25) is 19.6 Å². The van der Waals surface area contributed by atoms with E-state index in [0.29, 0.717) is 36.1 Å². The summed E-state index contributed by atoms with van der Waals surface area (Å²) in [7, 11) is 1.69. The van der Waals surface area contributed by atoms with Crippen molar-refractivity contribution < 1.29 is 23.6 Å². The number of aromatic nitrogens is 2. The summed E-state index contributed by atoms with van der Waals surface area (Å²) in [6.45, 7) is 6.08. The number of nitrogens with zero attached hydrogens (tertiary/aromatic N) is 4. The lowest BCUT2D eigenvalue weighted by Crippen LogP contribution is -2.39. The lowest BCUT2D eigenvalue weighted by molar-refractivity contribution is -0.385. The fraction of sp³-hybridized carbons (Fsp3) is 0.320. The summed E-state index contributed by atoms with van der Waals surface area (Å²) in [6, 6.07) is 4.55. The zero-order valence-electron chi connectivity index (χ0n) is 20.5. The van der Waals surface area contributed by atoms with E-state index >= 15 is 0 Å². The standard InChI is InChI=1S/C25H23BrClFN4O5/c1-25(2,3)37-24(34)31-9-7-13(8-10-31)22-16-12-18(32(35)36)19(20(26)21(16)29-30(22)4)23(33)15-11-14(28)5-6-17(15)27/h5-7,11-12H,8-10H2,1-4H3. The summed E-state index contributed by atoms with van der Waals surface area (Å²) in [6.07, 6.45) is 1.91. The van der Waals surface area contributed by atoms with Gasteiger partial charge in [-0.1, -0.05) is 17.7 Å². The second kappa shape index (κ2) is 9.86. The van der Waals surface area contributed by atoms with Crippen LogP contribution in [0, 0.1) is 15.9 Å². The summed E-state index contributed by atoms with van der Waals surface area (Å²) in [5.41, 5.74) is 0.250. The van der Waals surface area contributed by atoms with Crippen molar-refractivity contribution >= 4 is 61.6 Å². The Labute approximate surface area is 225 Å². The van der Waals surface area contributed by atoms with Crippen molar-refractivity contribution in [3.63, 3.8) is 0 Å². The minimum absolute atomic E-state index is 0.0312. The molecule has 0 unspecified atom stereocenters. The van der Waals surface area contributed by atoms with Gasteiger partial charge < -0.3 is 9.64 Å². The van der Waals surface area contributed by atoms with Gasteiger partial charge in [0.2, 0.25) is 5.78 Å².